The van der Waals surface area contributed by atoms with Crippen LogP contribution >= 0.6 is 0 Å². The molecule has 0 fully saturated rings. The summed E-state index contributed by atoms with van der Waals surface area (Å²) in [6, 6.07) is 3.82. The third kappa shape index (κ3) is 2.24. The van der Waals surface area contributed by atoms with Gasteiger partial charge in [0.05, 0.1) is 23.6 Å². The molecule has 0 amide bonds. The molecule has 2 aromatic heterocycles. The second kappa shape index (κ2) is 4.37. The Balaban J connectivity index is 2.32. The van der Waals surface area contributed by atoms with Crippen LogP contribution in [0.1, 0.15) is 16.2 Å². The third-order valence-electron chi connectivity index (χ3n) is 2.95. The fourth-order valence-electron chi connectivity index (χ4n) is 2.03. The number of benzene rings is 1. The van der Waals surface area contributed by atoms with Gasteiger partial charge in [-0.15, -0.1) is 0 Å². The van der Waals surface area contributed by atoms with Crippen LogP contribution in [-0.4, -0.2) is 21.0 Å². The summed E-state index contributed by atoms with van der Waals surface area (Å²) in [7, 11) is 0. The minimum atomic E-state index is -4.65. The van der Waals surface area contributed by atoms with Gasteiger partial charge < -0.3 is 14.5 Å². The van der Waals surface area contributed by atoms with Crippen LogP contribution in [0.4, 0.5) is 13.2 Å². The lowest BCUT2D eigenvalue weighted by Crippen LogP contribution is -2.06. The van der Waals surface area contributed by atoms with Gasteiger partial charge >= 0.3 is 12.1 Å². The van der Waals surface area contributed by atoms with Gasteiger partial charge in [0.15, 0.2) is 0 Å². The number of hydrogen-bond donors (Lipinski definition) is 2. The molecule has 0 radical (unpaired) electrons. The summed E-state index contributed by atoms with van der Waals surface area (Å²) in [5.74, 6) is -1.97. The van der Waals surface area contributed by atoms with Crippen molar-refractivity contribution >= 4 is 17.0 Å². The Kier molecular flexibility index (Phi) is 2.75. The van der Waals surface area contributed by atoms with Crippen molar-refractivity contribution in [1.82, 2.24) is 9.97 Å². The Morgan fingerprint density at radius 3 is 2.62 bits per heavy atom. The zero-order chi connectivity index (χ0) is 15.2. The van der Waals surface area contributed by atoms with Crippen LogP contribution in [-0.2, 0) is 6.18 Å². The first-order valence-corrected chi connectivity index (χ1v) is 5.73. The molecule has 1 aromatic carbocycles. The lowest BCUT2D eigenvalue weighted by Gasteiger charge is -2.09. The Bertz CT molecular complexity index is 819. The van der Waals surface area contributed by atoms with E-state index in [1.807, 2.05) is 0 Å². The van der Waals surface area contributed by atoms with E-state index in [4.69, 9.17) is 9.52 Å². The summed E-state index contributed by atoms with van der Waals surface area (Å²) in [6.45, 7) is 0. The number of halogens is 3. The highest BCUT2D eigenvalue weighted by Crippen LogP contribution is 2.37. The number of aromatic nitrogens is 2. The average Bonchev–Trinajstić information content (AvgIpc) is 3.05. The molecule has 0 saturated heterocycles. The van der Waals surface area contributed by atoms with E-state index in [1.54, 1.807) is 0 Å². The molecule has 0 unspecified atom stereocenters. The van der Waals surface area contributed by atoms with E-state index in [2.05, 4.69) is 9.97 Å². The zero-order valence-electron chi connectivity index (χ0n) is 10.2. The largest absolute Gasteiger partial charge is 0.475 e. The number of carboxylic acids is 1. The predicted octanol–water partition coefficient (Wildman–Crippen LogP) is 3.54. The van der Waals surface area contributed by atoms with Gasteiger partial charge in [0.1, 0.15) is 5.52 Å². The number of fused-ring (bicyclic) bond motifs is 1. The Labute approximate surface area is 115 Å². The van der Waals surface area contributed by atoms with Crippen molar-refractivity contribution in [3.63, 3.8) is 0 Å². The Morgan fingerprint density at radius 1 is 1.29 bits per heavy atom. The third-order valence-corrected chi connectivity index (χ3v) is 2.95. The molecule has 5 nitrogen and oxygen atoms in total. The number of aromatic carboxylic acids is 1. The van der Waals surface area contributed by atoms with E-state index in [0.717, 1.165) is 6.07 Å². The van der Waals surface area contributed by atoms with Gasteiger partial charge in [-0.2, -0.15) is 13.2 Å². The summed E-state index contributed by atoms with van der Waals surface area (Å²) in [5, 5.41) is 8.84. The summed E-state index contributed by atoms with van der Waals surface area (Å²) < 4.78 is 44.2. The SMILES string of the molecule is O=C(O)c1nc2c(C(F)(F)F)cc(-c3ccoc3)cc2[nH]1. The quantitative estimate of drug-likeness (QED) is 0.758. The van der Waals surface area contributed by atoms with Gasteiger partial charge in [-0.25, -0.2) is 9.78 Å². The van der Waals surface area contributed by atoms with Crippen molar-refractivity contribution < 1.29 is 27.5 Å². The van der Waals surface area contributed by atoms with Crippen molar-refractivity contribution in [2.75, 3.05) is 0 Å². The summed E-state index contributed by atoms with van der Waals surface area (Å²) in [4.78, 5) is 16.7. The van der Waals surface area contributed by atoms with E-state index < -0.39 is 29.1 Å². The fraction of sp³-hybridized carbons (Fsp3) is 0.0769. The summed E-state index contributed by atoms with van der Waals surface area (Å²) >= 11 is 0. The van der Waals surface area contributed by atoms with Crippen molar-refractivity contribution in [3.05, 3.63) is 42.1 Å². The second-order valence-electron chi connectivity index (χ2n) is 4.32. The number of nitrogens with zero attached hydrogens (tertiary/aromatic N) is 1. The number of imidazole rings is 1. The molecule has 8 heteroatoms. The maximum absolute atomic E-state index is 13.1. The first-order chi connectivity index (χ1) is 9.86. The van der Waals surface area contributed by atoms with Gasteiger partial charge in [-0.05, 0) is 23.8 Å². The van der Waals surface area contributed by atoms with Crippen LogP contribution in [0.3, 0.4) is 0 Å². The molecule has 0 saturated carbocycles. The predicted molar refractivity (Wildman–Crippen MR) is 65.8 cm³/mol. The lowest BCUT2D eigenvalue weighted by molar-refractivity contribution is -0.136. The minimum absolute atomic E-state index is 0.00146. The molecule has 0 atom stereocenters. The summed E-state index contributed by atoms with van der Waals surface area (Å²) in [5.41, 5.74) is -0.719. The van der Waals surface area contributed by atoms with Crippen molar-refractivity contribution in [2.45, 2.75) is 6.18 Å². The average molecular weight is 296 g/mol. The molecule has 108 valence electrons. The van der Waals surface area contributed by atoms with E-state index >= 15 is 0 Å². The first-order valence-electron chi connectivity index (χ1n) is 5.73. The molecule has 2 heterocycles. The van der Waals surface area contributed by atoms with Gasteiger partial charge in [0, 0.05) is 5.56 Å². The molecule has 0 aliphatic carbocycles. The molecular weight excluding hydrogens is 289 g/mol. The number of carbonyl (C=O) groups is 1. The minimum Gasteiger partial charge on any atom is -0.475 e. The van der Waals surface area contributed by atoms with Crippen LogP contribution in [0.2, 0.25) is 0 Å². The molecular formula is C13H7F3N2O3. The Morgan fingerprint density at radius 2 is 2.05 bits per heavy atom. The molecule has 3 aromatic rings. The Hall–Kier alpha value is -2.77. The molecule has 0 aliphatic heterocycles. The van der Waals surface area contributed by atoms with Crippen LogP contribution in [0, 0.1) is 0 Å². The number of furan rings is 1. The maximum Gasteiger partial charge on any atom is 0.418 e. The van der Waals surface area contributed by atoms with Crippen LogP contribution in [0.25, 0.3) is 22.2 Å². The highest BCUT2D eigenvalue weighted by Gasteiger charge is 2.35. The number of H-pyrrole nitrogens is 1. The first kappa shape index (κ1) is 13.2. The number of carboxylic acid groups (broad SMARTS) is 1. The summed E-state index contributed by atoms with van der Waals surface area (Å²) in [6.07, 6.45) is -2.01. The van der Waals surface area contributed by atoms with E-state index in [-0.39, 0.29) is 11.1 Å². The van der Waals surface area contributed by atoms with Crippen molar-refractivity contribution in [2.24, 2.45) is 0 Å². The molecule has 0 bridgehead atoms. The number of rotatable bonds is 2. The highest BCUT2D eigenvalue weighted by molar-refractivity contribution is 5.92. The number of alkyl halides is 3. The van der Waals surface area contributed by atoms with E-state index in [1.165, 1.54) is 24.7 Å². The number of nitrogens with one attached hydrogen (secondary N) is 1. The van der Waals surface area contributed by atoms with E-state index in [0.29, 0.717) is 5.56 Å². The van der Waals surface area contributed by atoms with Crippen LogP contribution < -0.4 is 0 Å². The molecule has 21 heavy (non-hydrogen) atoms. The molecule has 3 rings (SSSR count). The second-order valence-corrected chi connectivity index (χ2v) is 4.32. The topological polar surface area (TPSA) is 79.1 Å². The normalized spacial score (nSPS) is 12.0. The number of aromatic amines is 1. The van der Waals surface area contributed by atoms with Gasteiger partial charge in [-0.1, -0.05) is 0 Å². The van der Waals surface area contributed by atoms with Gasteiger partial charge in [0.2, 0.25) is 5.82 Å². The monoisotopic (exact) mass is 296 g/mol. The molecule has 0 aliphatic rings. The molecule has 0 spiro atoms. The number of hydrogen-bond acceptors (Lipinski definition) is 3. The fourth-order valence-corrected chi connectivity index (χ4v) is 2.03. The van der Waals surface area contributed by atoms with Crippen LogP contribution in [0.15, 0.2) is 35.1 Å². The smallest absolute Gasteiger partial charge is 0.418 e. The lowest BCUT2D eigenvalue weighted by atomic mass is 10.0. The van der Waals surface area contributed by atoms with Gasteiger partial charge in [0.25, 0.3) is 0 Å². The van der Waals surface area contributed by atoms with E-state index in [9.17, 15) is 18.0 Å². The highest BCUT2D eigenvalue weighted by atomic mass is 19.4. The van der Waals surface area contributed by atoms with Crippen molar-refractivity contribution in [1.29, 1.82) is 0 Å². The van der Waals surface area contributed by atoms with Gasteiger partial charge in [-0.3, -0.25) is 0 Å². The van der Waals surface area contributed by atoms with Crippen LogP contribution in [0.5, 0.6) is 0 Å². The maximum atomic E-state index is 13.1. The standard InChI is InChI=1S/C13H7F3N2O3/c14-13(15,16)8-3-7(6-1-2-21-5-6)4-9-10(8)18-11(17-9)12(19)20/h1-5H,(H,17,18)(H,19,20). The zero-order valence-corrected chi connectivity index (χ0v) is 10.2. The molecule has 2 N–H and O–H groups in total. The van der Waals surface area contributed by atoms with Crippen molar-refractivity contribution in [3.8, 4) is 11.1 Å².